The van der Waals surface area contributed by atoms with Crippen LogP contribution in [0, 0.1) is 0 Å². The lowest BCUT2D eigenvalue weighted by atomic mass is 11.2. The molecule has 0 radical (unpaired) electrons. The van der Waals surface area contributed by atoms with Gasteiger partial charge >= 0.3 is 0 Å². The maximum absolute atomic E-state index is 10.6. The molecule has 0 saturated carbocycles. The Morgan fingerprint density at radius 3 is 2.70 bits per heavy atom. The zero-order valence-corrected chi connectivity index (χ0v) is 6.24. The Morgan fingerprint density at radius 1 is 1.60 bits per heavy atom. The Balaban J connectivity index is 2.75. The van der Waals surface area contributed by atoms with E-state index < -0.39 is 9.84 Å². The van der Waals surface area contributed by atoms with E-state index >= 15 is 0 Å². The molecule has 0 aromatic carbocycles. The molecule has 0 aliphatic rings. The van der Waals surface area contributed by atoms with E-state index in [1.165, 1.54) is 17.3 Å². The summed E-state index contributed by atoms with van der Waals surface area (Å²) >= 11 is 0. The fourth-order valence-electron chi connectivity index (χ4n) is 0.540. The van der Waals surface area contributed by atoms with Gasteiger partial charge in [-0.15, -0.1) is 0 Å². The summed E-state index contributed by atoms with van der Waals surface area (Å²) in [5, 5.41) is 3.63. The number of hydrogen-bond donors (Lipinski definition) is 0. The van der Waals surface area contributed by atoms with Crippen LogP contribution >= 0.6 is 0 Å². The largest absolute Gasteiger partial charge is 0.238 e. The normalized spacial score (nSPS) is 11.7. The molecule has 0 aliphatic heterocycles. The monoisotopic (exact) mass is 161 g/mol. The van der Waals surface area contributed by atoms with Crippen LogP contribution in [0.5, 0.6) is 0 Å². The van der Waals surface area contributed by atoms with E-state index in [9.17, 15) is 8.42 Å². The van der Waals surface area contributed by atoms with Crippen LogP contribution in [0.4, 0.5) is 0 Å². The van der Waals surface area contributed by atoms with Crippen molar-refractivity contribution in [2.24, 2.45) is 0 Å². The summed E-state index contributed by atoms with van der Waals surface area (Å²) in [4.78, 5) is 3.59. The molecule has 10 heavy (non-hydrogen) atoms. The molecule has 5 nitrogen and oxygen atoms in total. The topological polar surface area (TPSA) is 64.8 Å². The van der Waals surface area contributed by atoms with E-state index in [0.717, 1.165) is 6.26 Å². The maximum atomic E-state index is 10.6. The third-order valence-electron chi connectivity index (χ3n) is 0.833. The molecule has 56 valence electrons. The zero-order valence-electron chi connectivity index (χ0n) is 5.43. The molecule has 0 spiro atoms. The third-order valence-corrected chi connectivity index (χ3v) is 1.57. The molecule has 1 aromatic heterocycles. The standard InChI is InChI=1S/C4H7N3O2S/c1-10(8,9)4-7-3-5-2-6-7/h2-3H,4H2,1H3. The van der Waals surface area contributed by atoms with E-state index in [2.05, 4.69) is 10.1 Å². The van der Waals surface area contributed by atoms with Crippen LogP contribution < -0.4 is 0 Å². The number of aromatic nitrogens is 3. The Labute approximate surface area is 58.6 Å². The second-order valence-corrected chi connectivity index (χ2v) is 4.10. The second-order valence-electron chi connectivity index (χ2n) is 1.99. The molecule has 1 heterocycles. The summed E-state index contributed by atoms with van der Waals surface area (Å²) in [7, 11) is -2.99. The number of nitrogens with zero attached hydrogens (tertiary/aromatic N) is 3. The lowest BCUT2D eigenvalue weighted by Crippen LogP contribution is -2.08. The quantitative estimate of drug-likeness (QED) is 0.574. The molecule has 0 amide bonds. The minimum Gasteiger partial charge on any atom is -0.238 e. The summed E-state index contributed by atoms with van der Waals surface area (Å²) < 4.78 is 22.5. The molecule has 1 rings (SSSR count). The van der Waals surface area contributed by atoms with Crippen molar-refractivity contribution in [3.63, 3.8) is 0 Å². The predicted octanol–water partition coefficient (Wildman–Crippen LogP) is -0.720. The molecule has 1 aromatic rings. The molecule has 0 bridgehead atoms. The van der Waals surface area contributed by atoms with Crippen LogP contribution in [0.25, 0.3) is 0 Å². The zero-order chi connectivity index (χ0) is 7.61. The van der Waals surface area contributed by atoms with E-state index in [0.29, 0.717) is 0 Å². The first-order chi connectivity index (χ1) is 4.58. The Bertz CT molecular complexity index is 288. The number of rotatable bonds is 2. The molecule has 0 saturated heterocycles. The molecular weight excluding hydrogens is 154 g/mol. The Hall–Kier alpha value is -0.910. The van der Waals surface area contributed by atoms with Gasteiger partial charge in [-0.2, -0.15) is 5.10 Å². The lowest BCUT2D eigenvalue weighted by molar-refractivity contribution is 0.581. The minimum atomic E-state index is -2.99. The molecule has 0 unspecified atom stereocenters. The van der Waals surface area contributed by atoms with Gasteiger partial charge in [0.1, 0.15) is 18.5 Å². The van der Waals surface area contributed by atoms with E-state index in [-0.39, 0.29) is 5.88 Å². The second kappa shape index (κ2) is 2.37. The lowest BCUT2D eigenvalue weighted by Gasteiger charge is -1.94. The van der Waals surface area contributed by atoms with Crippen LogP contribution in [-0.2, 0) is 15.7 Å². The van der Waals surface area contributed by atoms with Crippen molar-refractivity contribution in [3.05, 3.63) is 12.7 Å². The molecular formula is C4H7N3O2S. The number of hydrogen-bond acceptors (Lipinski definition) is 4. The highest BCUT2D eigenvalue weighted by molar-refractivity contribution is 7.89. The third kappa shape index (κ3) is 2.14. The minimum absolute atomic E-state index is 0.104. The summed E-state index contributed by atoms with van der Waals surface area (Å²) in [6, 6.07) is 0. The van der Waals surface area contributed by atoms with Gasteiger partial charge in [0.25, 0.3) is 0 Å². The predicted molar refractivity (Wildman–Crippen MR) is 34.9 cm³/mol. The van der Waals surface area contributed by atoms with Gasteiger partial charge in [-0.25, -0.2) is 18.1 Å². The van der Waals surface area contributed by atoms with E-state index in [1.807, 2.05) is 0 Å². The first-order valence-corrected chi connectivity index (χ1v) is 4.64. The summed E-state index contributed by atoms with van der Waals surface area (Å²) in [6.07, 6.45) is 3.81. The van der Waals surface area contributed by atoms with E-state index in [1.54, 1.807) is 0 Å². The molecule has 0 fully saturated rings. The van der Waals surface area contributed by atoms with Crippen LogP contribution in [0.3, 0.4) is 0 Å². The van der Waals surface area contributed by atoms with Gasteiger partial charge in [-0.05, 0) is 0 Å². The van der Waals surface area contributed by atoms with Gasteiger partial charge in [-0.1, -0.05) is 0 Å². The van der Waals surface area contributed by atoms with Gasteiger partial charge < -0.3 is 0 Å². The average molecular weight is 161 g/mol. The van der Waals surface area contributed by atoms with Crippen LogP contribution in [0.2, 0.25) is 0 Å². The SMILES string of the molecule is CS(=O)(=O)Cn1cncn1. The van der Waals surface area contributed by atoms with E-state index in [4.69, 9.17) is 0 Å². The van der Waals surface area contributed by atoms with Gasteiger partial charge in [0.15, 0.2) is 9.84 Å². The van der Waals surface area contributed by atoms with Gasteiger partial charge in [0, 0.05) is 6.26 Å². The summed E-state index contributed by atoms with van der Waals surface area (Å²) in [5.74, 6) is -0.104. The maximum Gasteiger partial charge on any atom is 0.167 e. The van der Waals surface area contributed by atoms with Crippen molar-refractivity contribution in [1.82, 2.24) is 14.8 Å². The van der Waals surface area contributed by atoms with Gasteiger partial charge in [-0.3, -0.25) is 0 Å². The first-order valence-electron chi connectivity index (χ1n) is 2.58. The molecule has 6 heteroatoms. The fraction of sp³-hybridized carbons (Fsp3) is 0.500. The molecule has 0 aliphatic carbocycles. The van der Waals surface area contributed by atoms with Gasteiger partial charge in [0.05, 0.1) is 0 Å². The van der Waals surface area contributed by atoms with Gasteiger partial charge in [0.2, 0.25) is 0 Å². The van der Waals surface area contributed by atoms with Crippen molar-refractivity contribution < 1.29 is 8.42 Å². The Kier molecular flexibility index (Phi) is 1.71. The van der Waals surface area contributed by atoms with Crippen LogP contribution in [0.1, 0.15) is 0 Å². The number of sulfone groups is 1. The Morgan fingerprint density at radius 2 is 2.30 bits per heavy atom. The van der Waals surface area contributed by atoms with Crippen molar-refractivity contribution in [2.45, 2.75) is 5.88 Å². The summed E-state index contributed by atoms with van der Waals surface area (Å²) in [6.45, 7) is 0. The van der Waals surface area contributed by atoms with Crippen molar-refractivity contribution in [1.29, 1.82) is 0 Å². The highest BCUT2D eigenvalue weighted by Crippen LogP contribution is 1.87. The molecule has 0 atom stereocenters. The smallest absolute Gasteiger partial charge is 0.167 e. The van der Waals surface area contributed by atoms with Crippen molar-refractivity contribution in [2.75, 3.05) is 6.26 Å². The highest BCUT2D eigenvalue weighted by Gasteiger charge is 2.02. The summed E-state index contributed by atoms with van der Waals surface area (Å²) in [5.41, 5.74) is 0. The van der Waals surface area contributed by atoms with Crippen molar-refractivity contribution >= 4 is 9.84 Å². The average Bonchev–Trinajstić information content (AvgIpc) is 2.12. The van der Waals surface area contributed by atoms with Crippen molar-refractivity contribution in [3.8, 4) is 0 Å². The highest BCUT2D eigenvalue weighted by atomic mass is 32.2. The first kappa shape index (κ1) is 7.20. The van der Waals surface area contributed by atoms with Crippen LogP contribution in [-0.4, -0.2) is 29.4 Å². The fourth-order valence-corrected chi connectivity index (χ4v) is 1.15. The van der Waals surface area contributed by atoms with Crippen LogP contribution in [0.15, 0.2) is 12.7 Å². The molecule has 0 N–H and O–H groups in total.